The number of rotatable bonds is 5. The standard InChI is InChI=1S/C10H12N2O4S/c11-10(13)9(12-17(14,15)16)7-6-8-4-2-1-3-5-8/h1-5,7,12H,6H2,(H2,11,13)(H,14,15,16). The number of hydrogen-bond donors (Lipinski definition) is 3. The molecule has 0 bridgehead atoms. The molecular weight excluding hydrogens is 244 g/mol. The molecule has 0 heterocycles. The average Bonchev–Trinajstić information content (AvgIpc) is 2.24. The Bertz CT molecular complexity index is 522. The molecule has 0 spiro atoms. The topological polar surface area (TPSA) is 109 Å². The van der Waals surface area contributed by atoms with Gasteiger partial charge in [-0.2, -0.15) is 8.42 Å². The van der Waals surface area contributed by atoms with E-state index in [0.29, 0.717) is 6.42 Å². The number of primary amides is 1. The highest BCUT2D eigenvalue weighted by Crippen LogP contribution is 2.02. The van der Waals surface area contributed by atoms with Crippen LogP contribution in [0.5, 0.6) is 0 Å². The molecule has 0 fully saturated rings. The molecule has 7 heteroatoms. The van der Waals surface area contributed by atoms with Crippen molar-refractivity contribution in [2.24, 2.45) is 5.73 Å². The first-order valence-corrected chi connectivity index (χ1v) is 6.11. The number of hydrogen-bond acceptors (Lipinski definition) is 3. The second-order valence-electron chi connectivity index (χ2n) is 3.25. The highest BCUT2D eigenvalue weighted by Gasteiger charge is 2.11. The minimum Gasteiger partial charge on any atom is -0.364 e. The van der Waals surface area contributed by atoms with Crippen LogP contribution in [0.25, 0.3) is 0 Å². The Kier molecular flexibility index (Phi) is 4.24. The third kappa shape index (κ3) is 5.14. The number of benzene rings is 1. The Morgan fingerprint density at radius 1 is 1.35 bits per heavy atom. The van der Waals surface area contributed by atoms with Gasteiger partial charge in [-0.3, -0.25) is 14.1 Å². The molecule has 0 aliphatic heterocycles. The lowest BCUT2D eigenvalue weighted by molar-refractivity contribution is -0.114. The fourth-order valence-electron chi connectivity index (χ4n) is 1.17. The van der Waals surface area contributed by atoms with E-state index in [9.17, 15) is 13.2 Å². The summed E-state index contributed by atoms with van der Waals surface area (Å²) < 4.78 is 31.3. The monoisotopic (exact) mass is 256 g/mol. The molecule has 0 saturated heterocycles. The van der Waals surface area contributed by atoms with Crippen LogP contribution < -0.4 is 10.5 Å². The molecule has 1 aromatic carbocycles. The molecular formula is C10H12N2O4S. The van der Waals surface area contributed by atoms with Crippen molar-refractivity contribution in [3.63, 3.8) is 0 Å². The molecule has 1 amide bonds. The largest absolute Gasteiger partial charge is 0.364 e. The van der Waals surface area contributed by atoms with E-state index in [1.54, 1.807) is 4.72 Å². The van der Waals surface area contributed by atoms with Crippen molar-refractivity contribution in [2.45, 2.75) is 6.42 Å². The Morgan fingerprint density at radius 2 is 1.94 bits per heavy atom. The third-order valence-electron chi connectivity index (χ3n) is 1.89. The summed E-state index contributed by atoms with van der Waals surface area (Å²) >= 11 is 0. The smallest absolute Gasteiger partial charge is 0.357 e. The van der Waals surface area contributed by atoms with Crippen LogP contribution in [0.2, 0.25) is 0 Å². The molecule has 6 nitrogen and oxygen atoms in total. The summed E-state index contributed by atoms with van der Waals surface area (Å²) in [5, 5.41) is 0. The summed E-state index contributed by atoms with van der Waals surface area (Å²) in [6, 6.07) is 9.07. The van der Waals surface area contributed by atoms with Crippen LogP contribution in [0.1, 0.15) is 5.56 Å². The first-order chi connectivity index (χ1) is 7.88. The van der Waals surface area contributed by atoms with Gasteiger partial charge in [0.05, 0.1) is 0 Å². The van der Waals surface area contributed by atoms with Gasteiger partial charge in [-0.05, 0) is 12.0 Å². The molecule has 1 aromatic rings. The van der Waals surface area contributed by atoms with Gasteiger partial charge in [0.15, 0.2) is 0 Å². The summed E-state index contributed by atoms with van der Waals surface area (Å²) in [5.41, 5.74) is 5.48. The molecule has 0 unspecified atom stereocenters. The molecule has 92 valence electrons. The number of nitrogens with one attached hydrogen (secondary N) is 1. The SMILES string of the molecule is NC(=O)C(=CCc1ccccc1)NS(=O)(=O)O. The summed E-state index contributed by atoms with van der Waals surface area (Å²) in [6.45, 7) is 0. The minimum absolute atomic E-state index is 0.321. The first-order valence-electron chi connectivity index (χ1n) is 4.67. The molecule has 17 heavy (non-hydrogen) atoms. The van der Waals surface area contributed by atoms with Gasteiger partial charge in [-0.15, -0.1) is 0 Å². The number of allylic oxidation sites excluding steroid dienone is 1. The highest BCUT2D eigenvalue weighted by atomic mass is 32.2. The average molecular weight is 256 g/mol. The second kappa shape index (κ2) is 5.46. The maximum Gasteiger partial charge on any atom is 0.357 e. The van der Waals surface area contributed by atoms with E-state index >= 15 is 0 Å². The lowest BCUT2D eigenvalue weighted by atomic mass is 10.1. The van der Waals surface area contributed by atoms with Crippen molar-refractivity contribution in [1.82, 2.24) is 4.72 Å². The normalized spacial score (nSPS) is 12.2. The quantitative estimate of drug-likeness (QED) is 0.508. The lowest BCUT2D eigenvalue weighted by Crippen LogP contribution is -2.30. The second-order valence-corrected chi connectivity index (χ2v) is 4.40. The Labute approximate surface area is 99.0 Å². The molecule has 0 aliphatic rings. The van der Waals surface area contributed by atoms with E-state index in [1.165, 1.54) is 6.08 Å². The number of carbonyl (C=O) groups excluding carboxylic acids is 1. The molecule has 0 aromatic heterocycles. The lowest BCUT2D eigenvalue weighted by Gasteiger charge is -2.04. The molecule has 0 radical (unpaired) electrons. The van der Waals surface area contributed by atoms with Crippen LogP contribution in [-0.2, 0) is 21.5 Å². The summed E-state index contributed by atoms with van der Waals surface area (Å²) in [7, 11) is -4.49. The van der Waals surface area contributed by atoms with Crippen molar-refractivity contribution in [3.05, 3.63) is 47.7 Å². The van der Waals surface area contributed by atoms with Crippen LogP contribution in [0.3, 0.4) is 0 Å². The minimum atomic E-state index is -4.49. The third-order valence-corrected chi connectivity index (χ3v) is 2.37. The van der Waals surface area contributed by atoms with Gasteiger partial charge in [0.25, 0.3) is 5.91 Å². The van der Waals surface area contributed by atoms with Crippen LogP contribution in [0.4, 0.5) is 0 Å². The molecule has 4 N–H and O–H groups in total. The van der Waals surface area contributed by atoms with E-state index in [0.717, 1.165) is 5.56 Å². The molecule has 0 atom stereocenters. The summed E-state index contributed by atoms with van der Waals surface area (Å²) in [5.74, 6) is -0.960. The maximum absolute atomic E-state index is 10.9. The van der Waals surface area contributed by atoms with Crippen molar-refractivity contribution in [1.29, 1.82) is 0 Å². The first kappa shape index (κ1) is 13.2. The van der Waals surface area contributed by atoms with Gasteiger partial charge < -0.3 is 5.73 Å². The molecule has 1 rings (SSSR count). The van der Waals surface area contributed by atoms with Crippen LogP contribution in [0, 0.1) is 0 Å². The van der Waals surface area contributed by atoms with E-state index in [2.05, 4.69) is 0 Å². The zero-order valence-corrected chi connectivity index (χ0v) is 9.65. The zero-order chi connectivity index (χ0) is 12.9. The van der Waals surface area contributed by atoms with Gasteiger partial charge in [-0.1, -0.05) is 36.4 Å². The van der Waals surface area contributed by atoms with Gasteiger partial charge in [0.1, 0.15) is 5.70 Å². The highest BCUT2D eigenvalue weighted by molar-refractivity contribution is 7.83. The van der Waals surface area contributed by atoms with Crippen LogP contribution in [-0.4, -0.2) is 18.9 Å². The summed E-state index contributed by atoms with van der Waals surface area (Å²) in [4.78, 5) is 10.9. The van der Waals surface area contributed by atoms with Gasteiger partial charge >= 0.3 is 10.3 Å². The molecule has 0 aliphatic carbocycles. The van der Waals surface area contributed by atoms with E-state index < -0.39 is 16.2 Å². The van der Waals surface area contributed by atoms with Gasteiger partial charge in [0, 0.05) is 0 Å². The number of nitrogens with two attached hydrogens (primary N) is 1. The molecule has 0 saturated carbocycles. The van der Waals surface area contributed by atoms with Gasteiger partial charge in [0.2, 0.25) is 0 Å². The number of carbonyl (C=O) groups is 1. The van der Waals surface area contributed by atoms with Crippen molar-refractivity contribution >= 4 is 16.2 Å². The predicted molar refractivity (Wildman–Crippen MR) is 62.1 cm³/mol. The predicted octanol–water partition coefficient (Wildman–Crippen LogP) is -0.00930. The van der Waals surface area contributed by atoms with E-state index in [1.807, 2.05) is 30.3 Å². The fourth-order valence-corrected chi connectivity index (χ4v) is 1.63. The Morgan fingerprint density at radius 3 is 2.41 bits per heavy atom. The number of amides is 1. The maximum atomic E-state index is 10.9. The van der Waals surface area contributed by atoms with E-state index in [4.69, 9.17) is 10.3 Å². The van der Waals surface area contributed by atoms with Crippen molar-refractivity contribution in [2.75, 3.05) is 0 Å². The van der Waals surface area contributed by atoms with Gasteiger partial charge in [-0.25, -0.2) is 0 Å². The summed E-state index contributed by atoms with van der Waals surface area (Å²) in [6.07, 6.45) is 1.62. The van der Waals surface area contributed by atoms with Crippen molar-refractivity contribution in [3.8, 4) is 0 Å². The zero-order valence-electron chi connectivity index (χ0n) is 8.83. The van der Waals surface area contributed by atoms with Crippen molar-refractivity contribution < 1.29 is 17.8 Å². The fraction of sp³-hybridized carbons (Fsp3) is 0.100. The Hall–Kier alpha value is -1.86. The Balaban J connectivity index is 2.82. The van der Waals surface area contributed by atoms with Crippen LogP contribution >= 0.6 is 0 Å². The van der Waals surface area contributed by atoms with E-state index in [-0.39, 0.29) is 5.70 Å². The van der Waals surface area contributed by atoms with Crippen LogP contribution in [0.15, 0.2) is 42.1 Å².